The molecule has 2 saturated heterocycles. The first-order chi connectivity index (χ1) is 9.83. The maximum absolute atomic E-state index is 6.32. The van der Waals surface area contributed by atoms with E-state index in [1.165, 1.54) is 17.9 Å². The van der Waals surface area contributed by atoms with Crippen LogP contribution in [0.15, 0.2) is 0 Å². The van der Waals surface area contributed by atoms with E-state index in [0.29, 0.717) is 0 Å². The van der Waals surface area contributed by atoms with Crippen LogP contribution in [0.1, 0.15) is 6.42 Å². The predicted molar refractivity (Wildman–Crippen MR) is 109 cm³/mol. The molecule has 0 aliphatic carbocycles. The van der Waals surface area contributed by atoms with Gasteiger partial charge in [0.25, 0.3) is 0 Å². The molecule has 0 bridgehead atoms. The molecule has 0 aromatic rings. The van der Waals surface area contributed by atoms with Gasteiger partial charge in [-0.05, 0) is 17.9 Å². The fourth-order valence-electron chi connectivity index (χ4n) is 1.84. The van der Waals surface area contributed by atoms with Crippen molar-refractivity contribution in [3.63, 3.8) is 0 Å². The van der Waals surface area contributed by atoms with Gasteiger partial charge in [0.15, 0.2) is 45.0 Å². The number of rotatable bonds is 0. The summed E-state index contributed by atoms with van der Waals surface area (Å²) in [5, 5.41) is 6.98. The molecule has 0 atom stereocenters. The van der Waals surface area contributed by atoms with Crippen molar-refractivity contribution in [2.45, 2.75) is 6.42 Å². The first-order valence-corrected chi connectivity index (χ1v) is 17.6. The lowest BCUT2D eigenvalue weighted by Crippen LogP contribution is -2.49. The van der Waals surface area contributed by atoms with Gasteiger partial charge >= 0.3 is 20.4 Å². The zero-order valence-corrected chi connectivity index (χ0v) is 18.5. The number of nitrogens with one attached hydrogen (secondary N) is 5. The van der Waals surface area contributed by atoms with Gasteiger partial charge in [-0.3, -0.25) is 0 Å². The molecule has 5 N–H and O–H groups in total. The third-order valence-corrected chi connectivity index (χ3v) is 18.0. The van der Waals surface area contributed by atoms with Crippen molar-refractivity contribution < 1.29 is 0 Å². The molecule has 0 amide bonds. The summed E-state index contributed by atoms with van der Waals surface area (Å²) in [7, 11) is -2.20. The number of hydrogen-bond donors (Lipinski definition) is 5. The molecule has 0 radical (unpaired) electrons. The Labute approximate surface area is 155 Å². The molecule has 14 heteroatoms. The fraction of sp³-hybridized carbons (Fsp3) is 1.00. The molecule has 5 nitrogen and oxygen atoms in total. The van der Waals surface area contributed by atoms with E-state index in [0.717, 1.165) is 24.6 Å². The molecule has 0 unspecified atom stereocenters. The van der Waals surface area contributed by atoms with Crippen molar-refractivity contribution in [1.82, 2.24) is 24.7 Å². The maximum Gasteiger partial charge on any atom is 0.425 e. The molecule has 0 aromatic carbocycles. The Kier molecular flexibility index (Phi) is 8.74. The molecule has 2 heterocycles. The van der Waals surface area contributed by atoms with Gasteiger partial charge in [-0.25, -0.2) is 0 Å². The topological polar surface area (TPSA) is 60.1 Å². The van der Waals surface area contributed by atoms with Crippen LogP contribution >= 0.6 is 88.9 Å². The van der Waals surface area contributed by atoms with Crippen LogP contribution in [0, 0.1) is 0 Å². The zero-order valence-electron chi connectivity index (χ0n) is 11.1. The molecular formula is C7H19Cl4N5P3S2+3. The van der Waals surface area contributed by atoms with Gasteiger partial charge in [0.2, 0.25) is 0 Å². The minimum atomic E-state index is -2.59. The number of hydrogen-bond acceptors (Lipinski definition) is 7. The summed E-state index contributed by atoms with van der Waals surface area (Å²) in [4.78, 5) is 9.42. The molecule has 0 saturated carbocycles. The highest BCUT2D eigenvalue weighted by atomic mass is 35.9. The average molecular weight is 472 g/mol. The number of halogens is 4. The lowest BCUT2D eigenvalue weighted by molar-refractivity contribution is 0.893. The molecule has 2 rings (SSSR count). The van der Waals surface area contributed by atoms with Crippen LogP contribution in [0.3, 0.4) is 0 Å². The first-order valence-electron chi connectivity index (χ1n) is 6.33. The number of thioether (sulfide) groups is 2. The lowest BCUT2D eigenvalue weighted by atomic mass is 10.6. The Morgan fingerprint density at radius 3 is 1.62 bits per heavy atom. The van der Waals surface area contributed by atoms with Gasteiger partial charge in [0, 0.05) is 39.2 Å². The molecule has 1 spiro atoms. The van der Waals surface area contributed by atoms with Gasteiger partial charge < -0.3 is 0 Å². The average Bonchev–Trinajstić information content (AvgIpc) is 2.30. The van der Waals surface area contributed by atoms with Crippen molar-refractivity contribution >= 4 is 88.9 Å². The van der Waals surface area contributed by atoms with Crippen molar-refractivity contribution in [3.05, 3.63) is 0 Å². The van der Waals surface area contributed by atoms with Crippen molar-refractivity contribution in [3.8, 4) is 0 Å². The summed E-state index contributed by atoms with van der Waals surface area (Å²) >= 11 is 29.1. The highest BCUT2D eigenvalue weighted by Crippen LogP contribution is 2.85. The minimum absolute atomic E-state index is 0.833. The fourth-order valence-corrected chi connectivity index (χ4v) is 21.6. The Morgan fingerprint density at radius 2 is 1.14 bits per heavy atom. The third kappa shape index (κ3) is 7.38. The lowest BCUT2D eigenvalue weighted by Gasteiger charge is -2.31. The van der Waals surface area contributed by atoms with Crippen LogP contribution in [0.2, 0.25) is 0 Å². The first kappa shape index (κ1) is 20.3. The highest BCUT2D eigenvalue weighted by Gasteiger charge is 2.71. The molecular weight excluding hydrogens is 453 g/mol. The third-order valence-electron chi connectivity index (χ3n) is 2.57. The normalized spacial score (nSPS) is 30.3. The van der Waals surface area contributed by atoms with Gasteiger partial charge in [0.1, 0.15) is 0 Å². The minimum Gasteiger partial charge on any atom is -0.161 e. The van der Waals surface area contributed by atoms with Gasteiger partial charge in [-0.1, -0.05) is 0 Å². The van der Waals surface area contributed by atoms with Crippen LogP contribution in [0.4, 0.5) is 0 Å². The molecule has 2 fully saturated rings. The summed E-state index contributed by atoms with van der Waals surface area (Å²) in [5.74, 6) is 4.44. The van der Waals surface area contributed by atoms with Crippen molar-refractivity contribution in [2.24, 2.45) is 0 Å². The van der Waals surface area contributed by atoms with Crippen molar-refractivity contribution in [2.75, 3.05) is 36.1 Å². The van der Waals surface area contributed by atoms with Gasteiger partial charge in [0.05, 0.1) is 0 Å². The van der Waals surface area contributed by atoms with Crippen LogP contribution in [0.25, 0.3) is 0 Å². The molecule has 0 aromatic heterocycles. The van der Waals surface area contributed by atoms with E-state index in [4.69, 9.17) is 45.0 Å². The second kappa shape index (κ2) is 9.05. The quantitative estimate of drug-likeness (QED) is 0.325. The zero-order chi connectivity index (χ0) is 15.4. The van der Waals surface area contributed by atoms with Crippen LogP contribution < -0.4 is 24.7 Å². The Bertz CT molecular complexity index is 326. The second-order valence-corrected chi connectivity index (χ2v) is 20.4. The van der Waals surface area contributed by atoms with E-state index in [2.05, 4.69) is 24.7 Å². The Balaban J connectivity index is 2.06. The van der Waals surface area contributed by atoms with Crippen LogP contribution in [-0.2, 0) is 0 Å². The smallest absolute Gasteiger partial charge is 0.161 e. The van der Waals surface area contributed by atoms with Gasteiger partial charge in [-0.2, -0.15) is 23.5 Å². The van der Waals surface area contributed by atoms with E-state index in [9.17, 15) is 0 Å². The molecule has 21 heavy (non-hydrogen) atoms. The second-order valence-electron chi connectivity index (χ2n) is 4.39. The Morgan fingerprint density at radius 1 is 0.667 bits per heavy atom. The van der Waals surface area contributed by atoms with E-state index in [-0.39, 0.29) is 0 Å². The molecule has 2 aliphatic rings. The summed E-state index contributed by atoms with van der Waals surface area (Å²) in [5.41, 5.74) is 0. The highest BCUT2D eigenvalue weighted by molar-refractivity contribution is 8.31. The van der Waals surface area contributed by atoms with E-state index < -0.39 is 20.4 Å². The SMILES string of the molecule is Cl[P+]1(Cl)N[P+](Cl)(Cl)N[P+]2(NCCSCCCSCCN2)N1. The summed E-state index contributed by atoms with van der Waals surface area (Å²) in [6.07, 6.45) is -3.93. The maximum atomic E-state index is 6.32. The van der Waals surface area contributed by atoms with Crippen molar-refractivity contribution in [1.29, 1.82) is 0 Å². The summed E-state index contributed by atoms with van der Waals surface area (Å²) in [6, 6.07) is 0. The van der Waals surface area contributed by atoms with E-state index in [1.54, 1.807) is 0 Å². The monoisotopic (exact) mass is 470 g/mol. The van der Waals surface area contributed by atoms with E-state index >= 15 is 0 Å². The standard InChI is InChI=1S/C7H19Cl4N5P3S2/c8-17(9)14-18(10,11)16-19(15-17)12-2-6-20-4-1-5-21-7-3-13-19/h12-16H,1-7H2/q+3. The molecule has 2 aliphatic heterocycles. The van der Waals surface area contributed by atoms with Crippen LogP contribution in [-0.4, -0.2) is 36.1 Å². The summed E-state index contributed by atoms with van der Waals surface area (Å²) in [6.45, 7) is 1.67. The molecule has 124 valence electrons. The van der Waals surface area contributed by atoms with Gasteiger partial charge in [-0.15, -0.1) is 10.2 Å². The van der Waals surface area contributed by atoms with E-state index in [1.807, 2.05) is 23.5 Å². The van der Waals surface area contributed by atoms with Crippen LogP contribution in [0.5, 0.6) is 0 Å². The summed E-state index contributed by atoms with van der Waals surface area (Å²) < 4.78 is 0. The predicted octanol–water partition coefficient (Wildman–Crippen LogP) is 4.81. The Hall–Kier alpha value is 2.95. The largest absolute Gasteiger partial charge is 0.425 e.